The number of nitrogens with one attached hydrogen (secondary N) is 1. The third-order valence-electron chi connectivity index (χ3n) is 1.89. The standard InChI is InChI=1S/C9H9N3O3S/c1-5-4-6(8(13)11-9(10)16)2-3-7(5)12(14)15/h2-4H,1H3,(H3,10,11,13,16). The molecule has 0 saturated heterocycles. The summed E-state index contributed by atoms with van der Waals surface area (Å²) in [6.07, 6.45) is 0. The quantitative estimate of drug-likeness (QED) is 0.453. The van der Waals surface area contributed by atoms with Gasteiger partial charge in [0, 0.05) is 17.2 Å². The first-order valence-electron chi connectivity index (χ1n) is 4.27. The molecule has 1 aromatic carbocycles. The van der Waals surface area contributed by atoms with Crippen molar-refractivity contribution in [2.75, 3.05) is 0 Å². The van der Waals surface area contributed by atoms with Gasteiger partial charge < -0.3 is 5.73 Å². The minimum absolute atomic E-state index is 0.0353. The molecule has 0 aliphatic heterocycles. The second-order valence-corrected chi connectivity index (χ2v) is 3.52. The maximum atomic E-state index is 11.4. The fraction of sp³-hybridized carbons (Fsp3) is 0.111. The maximum absolute atomic E-state index is 11.4. The highest BCUT2D eigenvalue weighted by Gasteiger charge is 2.13. The lowest BCUT2D eigenvalue weighted by Crippen LogP contribution is -2.34. The highest BCUT2D eigenvalue weighted by molar-refractivity contribution is 7.80. The number of carbonyl (C=O) groups excluding carboxylic acids is 1. The minimum Gasteiger partial charge on any atom is -0.376 e. The van der Waals surface area contributed by atoms with Crippen LogP contribution in [0.4, 0.5) is 5.69 Å². The van der Waals surface area contributed by atoms with Crippen LogP contribution in [0, 0.1) is 17.0 Å². The Morgan fingerprint density at radius 2 is 2.19 bits per heavy atom. The first kappa shape index (κ1) is 12.1. The largest absolute Gasteiger partial charge is 0.376 e. The van der Waals surface area contributed by atoms with E-state index in [0.717, 1.165) is 0 Å². The number of carbonyl (C=O) groups is 1. The SMILES string of the molecule is Cc1cc(C(=O)NC(N)=S)ccc1[N+](=O)[O-]. The average Bonchev–Trinajstić information content (AvgIpc) is 2.15. The van der Waals surface area contributed by atoms with Crippen molar-refractivity contribution in [3.05, 3.63) is 39.4 Å². The molecule has 3 N–H and O–H groups in total. The van der Waals surface area contributed by atoms with Gasteiger partial charge in [0.05, 0.1) is 4.92 Å². The lowest BCUT2D eigenvalue weighted by Gasteiger charge is -2.03. The van der Waals surface area contributed by atoms with Crippen LogP contribution in [0.1, 0.15) is 15.9 Å². The van der Waals surface area contributed by atoms with E-state index in [9.17, 15) is 14.9 Å². The first-order chi connectivity index (χ1) is 7.41. The van der Waals surface area contributed by atoms with Gasteiger partial charge in [-0.2, -0.15) is 0 Å². The number of nitrogens with zero attached hydrogens (tertiary/aromatic N) is 1. The third-order valence-corrected chi connectivity index (χ3v) is 1.99. The number of hydrogen-bond acceptors (Lipinski definition) is 4. The van der Waals surface area contributed by atoms with E-state index < -0.39 is 10.8 Å². The van der Waals surface area contributed by atoms with Crippen molar-refractivity contribution in [2.24, 2.45) is 5.73 Å². The number of amides is 1. The lowest BCUT2D eigenvalue weighted by molar-refractivity contribution is -0.385. The van der Waals surface area contributed by atoms with Crippen LogP contribution in [0.25, 0.3) is 0 Å². The van der Waals surface area contributed by atoms with Gasteiger partial charge in [0.25, 0.3) is 11.6 Å². The van der Waals surface area contributed by atoms with Crippen molar-refractivity contribution in [1.82, 2.24) is 5.32 Å². The van der Waals surface area contributed by atoms with Crippen LogP contribution in [-0.2, 0) is 0 Å². The molecule has 0 radical (unpaired) electrons. The number of nitro groups is 1. The molecule has 0 fully saturated rings. The number of thiocarbonyl (C=S) groups is 1. The van der Waals surface area contributed by atoms with Gasteiger partial charge in [-0.3, -0.25) is 20.2 Å². The summed E-state index contributed by atoms with van der Waals surface area (Å²) < 4.78 is 0. The molecular weight excluding hydrogens is 230 g/mol. The van der Waals surface area contributed by atoms with Gasteiger partial charge in [-0.05, 0) is 31.3 Å². The van der Waals surface area contributed by atoms with Crippen LogP contribution in [0.3, 0.4) is 0 Å². The van der Waals surface area contributed by atoms with Crippen molar-refractivity contribution >= 4 is 28.9 Å². The van der Waals surface area contributed by atoms with E-state index in [1.807, 2.05) is 0 Å². The fourth-order valence-corrected chi connectivity index (χ4v) is 1.28. The molecule has 0 unspecified atom stereocenters. The van der Waals surface area contributed by atoms with Gasteiger partial charge in [-0.1, -0.05) is 0 Å². The van der Waals surface area contributed by atoms with Gasteiger partial charge in [-0.15, -0.1) is 0 Å². The second kappa shape index (κ2) is 4.67. The van der Waals surface area contributed by atoms with Crippen LogP contribution in [0.5, 0.6) is 0 Å². The molecule has 0 spiro atoms. The van der Waals surface area contributed by atoms with Gasteiger partial charge in [0.15, 0.2) is 5.11 Å². The Morgan fingerprint density at radius 3 is 2.62 bits per heavy atom. The topological polar surface area (TPSA) is 98.3 Å². The molecule has 0 bridgehead atoms. The molecule has 0 aromatic heterocycles. The molecule has 0 aliphatic carbocycles. The second-order valence-electron chi connectivity index (χ2n) is 3.08. The number of nitro benzene ring substituents is 1. The molecule has 84 valence electrons. The predicted molar refractivity (Wildman–Crippen MR) is 62.1 cm³/mol. The van der Waals surface area contributed by atoms with E-state index >= 15 is 0 Å². The Labute approximate surface area is 96.6 Å². The Kier molecular flexibility index (Phi) is 3.51. The number of rotatable bonds is 2. The monoisotopic (exact) mass is 239 g/mol. The zero-order valence-corrected chi connectivity index (χ0v) is 9.21. The number of nitrogens with two attached hydrogens (primary N) is 1. The predicted octanol–water partition coefficient (Wildman–Crippen LogP) is 0.877. The molecule has 1 amide bonds. The Balaban J connectivity index is 3.01. The van der Waals surface area contributed by atoms with E-state index in [1.165, 1.54) is 18.2 Å². The summed E-state index contributed by atoms with van der Waals surface area (Å²) in [6.45, 7) is 1.55. The fourth-order valence-electron chi connectivity index (χ4n) is 1.19. The molecule has 0 atom stereocenters. The summed E-state index contributed by atoms with van der Waals surface area (Å²) in [5.41, 5.74) is 5.78. The van der Waals surface area contributed by atoms with Crippen LogP contribution >= 0.6 is 12.2 Å². The minimum atomic E-state index is -0.509. The van der Waals surface area contributed by atoms with E-state index in [1.54, 1.807) is 6.92 Å². The maximum Gasteiger partial charge on any atom is 0.272 e. The van der Waals surface area contributed by atoms with Crippen molar-refractivity contribution < 1.29 is 9.72 Å². The summed E-state index contributed by atoms with van der Waals surface area (Å²) in [7, 11) is 0. The van der Waals surface area contributed by atoms with Crippen molar-refractivity contribution in [3.63, 3.8) is 0 Å². The highest BCUT2D eigenvalue weighted by atomic mass is 32.1. The Bertz CT molecular complexity index is 473. The van der Waals surface area contributed by atoms with Crippen LogP contribution in [-0.4, -0.2) is 15.9 Å². The number of aryl methyl sites for hydroxylation is 1. The lowest BCUT2D eigenvalue weighted by atomic mass is 10.1. The third kappa shape index (κ3) is 2.74. The first-order valence-corrected chi connectivity index (χ1v) is 4.68. The van der Waals surface area contributed by atoms with Gasteiger partial charge in [0.1, 0.15) is 0 Å². The number of hydrogen-bond donors (Lipinski definition) is 2. The van der Waals surface area contributed by atoms with E-state index in [0.29, 0.717) is 5.56 Å². The summed E-state index contributed by atoms with van der Waals surface area (Å²) in [4.78, 5) is 21.5. The number of benzene rings is 1. The molecule has 6 nitrogen and oxygen atoms in total. The summed E-state index contributed by atoms with van der Waals surface area (Å²) in [5.74, 6) is -0.481. The van der Waals surface area contributed by atoms with E-state index in [4.69, 9.17) is 5.73 Å². The van der Waals surface area contributed by atoms with Crippen LogP contribution < -0.4 is 11.1 Å². The van der Waals surface area contributed by atoms with Gasteiger partial charge in [0.2, 0.25) is 0 Å². The average molecular weight is 239 g/mol. The van der Waals surface area contributed by atoms with Gasteiger partial charge >= 0.3 is 0 Å². The smallest absolute Gasteiger partial charge is 0.272 e. The Morgan fingerprint density at radius 1 is 1.56 bits per heavy atom. The van der Waals surface area contributed by atoms with Crippen molar-refractivity contribution in [1.29, 1.82) is 0 Å². The van der Waals surface area contributed by atoms with E-state index in [-0.39, 0.29) is 16.4 Å². The molecule has 0 aliphatic rings. The zero-order valence-electron chi connectivity index (χ0n) is 8.39. The molecule has 1 rings (SSSR count). The zero-order chi connectivity index (χ0) is 12.3. The van der Waals surface area contributed by atoms with E-state index in [2.05, 4.69) is 17.5 Å². The molecule has 0 heterocycles. The molecular formula is C9H9N3O3S. The normalized spacial score (nSPS) is 9.56. The summed E-state index contributed by atoms with van der Waals surface area (Å²) in [5, 5.41) is 12.6. The molecule has 1 aromatic rings. The molecule has 7 heteroatoms. The molecule has 16 heavy (non-hydrogen) atoms. The van der Waals surface area contributed by atoms with Crippen molar-refractivity contribution in [3.8, 4) is 0 Å². The molecule has 0 saturated carbocycles. The van der Waals surface area contributed by atoms with Crippen molar-refractivity contribution in [2.45, 2.75) is 6.92 Å². The summed E-state index contributed by atoms with van der Waals surface area (Å²) in [6, 6.07) is 4.02. The Hall–Kier alpha value is -2.02. The van der Waals surface area contributed by atoms with Crippen LogP contribution in [0.2, 0.25) is 0 Å². The summed E-state index contributed by atoms with van der Waals surface area (Å²) >= 11 is 4.51. The van der Waals surface area contributed by atoms with Crippen LogP contribution in [0.15, 0.2) is 18.2 Å². The highest BCUT2D eigenvalue weighted by Crippen LogP contribution is 2.18. The van der Waals surface area contributed by atoms with Gasteiger partial charge in [-0.25, -0.2) is 0 Å².